The quantitative estimate of drug-likeness (QED) is 0.746. The van der Waals surface area contributed by atoms with Crippen molar-refractivity contribution >= 4 is 11.9 Å². The number of nitrogens with zero attached hydrogens (tertiary/aromatic N) is 1. The number of carbonyl (C=O) groups is 2. The molecule has 1 rings (SSSR count). The van der Waals surface area contributed by atoms with E-state index in [4.69, 9.17) is 5.11 Å². The van der Waals surface area contributed by atoms with E-state index in [0.717, 1.165) is 12.8 Å². The Labute approximate surface area is 109 Å². The van der Waals surface area contributed by atoms with Gasteiger partial charge in [-0.1, -0.05) is 13.8 Å². The van der Waals surface area contributed by atoms with E-state index in [1.54, 1.807) is 0 Å². The van der Waals surface area contributed by atoms with Gasteiger partial charge in [0.15, 0.2) is 0 Å². The molecule has 0 unspecified atom stereocenters. The Bertz CT molecular complexity index is 284. The molecule has 18 heavy (non-hydrogen) atoms. The average Bonchev–Trinajstić information content (AvgIpc) is 2.28. The Morgan fingerprint density at radius 3 is 2.44 bits per heavy atom. The van der Waals surface area contributed by atoms with Gasteiger partial charge in [-0.05, 0) is 18.8 Å². The second kappa shape index (κ2) is 7.36. The van der Waals surface area contributed by atoms with Crippen LogP contribution in [-0.4, -0.2) is 47.6 Å². The van der Waals surface area contributed by atoms with Crippen molar-refractivity contribution in [2.45, 2.75) is 45.6 Å². The summed E-state index contributed by atoms with van der Waals surface area (Å²) in [5, 5.41) is 11.9. The molecular formula is C13H24N2O3. The smallest absolute Gasteiger partial charge is 0.303 e. The molecule has 1 amide bonds. The number of carbonyl (C=O) groups excluding carboxylic acids is 1. The molecule has 5 heteroatoms. The molecule has 0 aromatic carbocycles. The standard InChI is InChI=1S/C13H24N2O3/c1-10(2)14-6-3-12(16)15-7-4-11(5-8-15)9-13(17)18/h10-11,14H,3-9H2,1-2H3,(H,17,18). The molecule has 0 radical (unpaired) electrons. The van der Waals surface area contributed by atoms with Crippen molar-refractivity contribution in [3.8, 4) is 0 Å². The number of piperidine rings is 1. The molecule has 0 aromatic heterocycles. The highest BCUT2D eigenvalue weighted by Gasteiger charge is 2.23. The number of nitrogens with one attached hydrogen (secondary N) is 1. The van der Waals surface area contributed by atoms with Gasteiger partial charge < -0.3 is 15.3 Å². The summed E-state index contributed by atoms with van der Waals surface area (Å²) < 4.78 is 0. The van der Waals surface area contributed by atoms with E-state index in [1.165, 1.54) is 0 Å². The maximum atomic E-state index is 11.9. The molecule has 1 aliphatic heterocycles. The zero-order valence-electron chi connectivity index (χ0n) is 11.3. The monoisotopic (exact) mass is 256 g/mol. The summed E-state index contributed by atoms with van der Waals surface area (Å²) in [6.45, 7) is 6.24. The molecule has 2 N–H and O–H groups in total. The van der Waals surface area contributed by atoms with Crippen LogP contribution in [0.2, 0.25) is 0 Å². The summed E-state index contributed by atoms with van der Waals surface area (Å²) in [6, 6.07) is 0.402. The number of likely N-dealkylation sites (tertiary alicyclic amines) is 1. The number of hydrogen-bond donors (Lipinski definition) is 2. The van der Waals surface area contributed by atoms with Crippen molar-refractivity contribution in [2.24, 2.45) is 5.92 Å². The largest absolute Gasteiger partial charge is 0.481 e. The fraction of sp³-hybridized carbons (Fsp3) is 0.846. The minimum atomic E-state index is -0.735. The molecule has 1 aliphatic rings. The molecule has 0 atom stereocenters. The molecule has 0 aliphatic carbocycles. The maximum absolute atomic E-state index is 11.9. The van der Waals surface area contributed by atoms with E-state index in [9.17, 15) is 9.59 Å². The zero-order chi connectivity index (χ0) is 13.5. The normalized spacial score (nSPS) is 17.2. The zero-order valence-corrected chi connectivity index (χ0v) is 11.3. The third-order valence-corrected chi connectivity index (χ3v) is 3.32. The number of hydrogen-bond acceptors (Lipinski definition) is 3. The van der Waals surface area contributed by atoms with Gasteiger partial charge >= 0.3 is 5.97 Å². The predicted molar refractivity (Wildman–Crippen MR) is 69.3 cm³/mol. The third kappa shape index (κ3) is 5.49. The first-order valence-corrected chi connectivity index (χ1v) is 6.72. The summed E-state index contributed by atoms with van der Waals surface area (Å²) in [7, 11) is 0. The van der Waals surface area contributed by atoms with Crippen molar-refractivity contribution in [1.29, 1.82) is 0 Å². The fourth-order valence-corrected chi connectivity index (χ4v) is 2.26. The Kier molecular flexibility index (Phi) is 6.12. The minimum absolute atomic E-state index is 0.178. The lowest BCUT2D eigenvalue weighted by Gasteiger charge is -2.31. The van der Waals surface area contributed by atoms with Gasteiger partial charge in [0.2, 0.25) is 5.91 Å². The van der Waals surface area contributed by atoms with Crippen LogP contribution in [-0.2, 0) is 9.59 Å². The highest BCUT2D eigenvalue weighted by molar-refractivity contribution is 5.76. The molecule has 0 bridgehead atoms. The highest BCUT2D eigenvalue weighted by Crippen LogP contribution is 2.20. The highest BCUT2D eigenvalue weighted by atomic mass is 16.4. The SMILES string of the molecule is CC(C)NCCC(=O)N1CCC(CC(=O)O)CC1. The van der Waals surface area contributed by atoms with Crippen molar-refractivity contribution in [2.75, 3.05) is 19.6 Å². The Morgan fingerprint density at radius 2 is 1.94 bits per heavy atom. The first kappa shape index (κ1) is 15.0. The summed E-state index contributed by atoms with van der Waals surface area (Å²) >= 11 is 0. The van der Waals surface area contributed by atoms with Crippen LogP contribution in [0.1, 0.15) is 39.5 Å². The van der Waals surface area contributed by atoms with Crippen LogP contribution < -0.4 is 5.32 Å². The summed E-state index contributed by atoms with van der Waals surface area (Å²) in [6.07, 6.45) is 2.39. The van der Waals surface area contributed by atoms with E-state index in [2.05, 4.69) is 19.2 Å². The third-order valence-electron chi connectivity index (χ3n) is 3.32. The van der Waals surface area contributed by atoms with E-state index in [-0.39, 0.29) is 18.2 Å². The average molecular weight is 256 g/mol. The van der Waals surface area contributed by atoms with Gasteiger partial charge in [0.25, 0.3) is 0 Å². The number of rotatable bonds is 6. The number of amides is 1. The van der Waals surface area contributed by atoms with Crippen LogP contribution in [0.5, 0.6) is 0 Å². The second-order valence-electron chi connectivity index (χ2n) is 5.28. The molecule has 0 aromatic rings. The van der Waals surface area contributed by atoms with Gasteiger partial charge in [0.05, 0.1) is 0 Å². The van der Waals surface area contributed by atoms with E-state index in [0.29, 0.717) is 32.1 Å². The molecule has 0 saturated carbocycles. The summed E-state index contributed by atoms with van der Waals surface area (Å²) in [5.41, 5.74) is 0. The van der Waals surface area contributed by atoms with Gasteiger partial charge in [-0.15, -0.1) is 0 Å². The van der Waals surface area contributed by atoms with E-state index in [1.807, 2.05) is 4.90 Å². The fourth-order valence-electron chi connectivity index (χ4n) is 2.26. The van der Waals surface area contributed by atoms with Gasteiger partial charge in [-0.2, -0.15) is 0 Å². The van der Waals surface area contributed by atoms with Crippen LogP contribution in [0, 0.1) is 5.92 Å². The molecule has 1 fully saturated rings. The molecule has 0 spiro atoms. The predicted octanol–water partition coefficient (Wildman–Crippen LogP) is 1.09. The van der Waals surface area contributed by atoms with Crippen molar-refractivity contribution < 1.29 is 14.7 Å². The van der Waals surface area contributed by atoms with E-state index >= 15 is 0 Å². The number of carboxylic acids is 1. The van der Waals surface area contributed by atoms with Gasteiger partial charge in [-0.25, -0.2) is 0 Å². The van der Waals surface area contributed by atoms with Gasteiger partial charge in [-0.3, -0.25) is 9.59 Å². The minimum Gasteiger partial charge on any atom is -0.481 e. The lowest BCUT2D eigenvalue weighted by Crippen LogP contribution is -2.40. The van der Waals surface area contributed by atoms with Crippen molar-refractivity contribution in [3.05, 3.63) is 0 Å². The topological polar surface area (TPSA) is 69.6 Å². The summed E-state index contributed by atoms with van der Waals surface area (Å²) in [4.78, 5) is 24.3. The number of carboxylic acid groups (broad SMARTS) is 1. The van der Waals surface area contributed by atoms with Gasteiger partial charge in [0.1, 0.15) is 0 Å². The lowest BCUT2D eigenvalue weighted by atomic mass is 9.93. The second-order valence-corrected chi connectivity index (χ2v) is 5.28. The first-order valence-electron chi connectivity index (χ1n) is 6.72. The lowest BCUT2D eigenvalue weighted by molar-refractivity contribution is -0.138. The molecular weight excluding hydrogens is 232 g/mol. The van der Waals surface area contributed by atoms with Crippen molar-refractivity contribution in [3.63, 3.8) is 0 Å². The maximum Gasteiger partial charge on any atom is 0.303 e. The Hall–Kier alpha value is -1.10. The van der Waals surface area contributed by atoms with Gasteiger partial charge in [0, 0.05) is 38.5 Å². The Morgan fingerprint density at radius 1 is 1.33 bits per heavy atom. The van der Waals surface area contributed by atoms with Crippen LogP contribution in [0.25, 0.3) is 0 Å². The molecule has 104 valence electrons. The van der Waals surface area contributed by atoms with E-state index < -0.39 is 5.97 Å². The van der Waals surface area contributed by atoms with Crippen LogP contribution in [0.3, 0.4) is 0 Å². The van der Waals surface area contributed by atoms with Crippen molar-refractivity contribution in [1.82, 2.24) is 10.2 Å². The molecule has 1 heterocycles. The molecule has 1 saturated heterocycles. The summed E-state index contributed by atoms with van der Waals surface area (Å²) in [5.74, 6) is -0.321. The molecule has 5 nitrogen and oxygen atoms in total. The van der Waals surface area contributed by atoms with Crippen LogP contribution in [0.4, 0.5) is 0 Å². The van der Waals surface area contributed by atoms with Crippen LogP contribution in [0.15, 0.2) is 0 Å². The number of aliphatic carboxylic acids is 1. The van der Waals surface area contributed by atoms with Crippen LogP contribution >= 0.6 is 0 Å². The Balaban J connectivity index is 2.21. The first-order chi connectivity index (χ1) is 8.49.